The van der Waals surface area contributed by atoms with Gasteiger partial charge in [-0.15, -0.1) is 0 Å². The summed E-state index contributed by atoms with van der Waals surface area (Å²) in [5.41, 5.74) is -0.646. The Balaban J connectivity index is 1.90. The number of benzene rings is 1. The van der Waals surface area contributed by atoms with Crippen LogP contribution in [0.5, 0.6) is 0 Å². The van der Waals surface area contributed by atoms with Crippen LogP contribution in [0.25, 0.3) is 0 Å². The van der Waals surface area contributed by atoms with E-state index in [-0.39, 0.29) is 29.5 Å². The Hall–Kier alpha value is -1.13. The van der Waals surface area contributed by atoms with E-state index in [4.69, 9.17) is 11.6 Å². The summed E-state index contributed by atoms with van der Waals surface area (Å²) >= 11 is 5.90. The van der Waals surface area contributed by atoms with Crippen LogP contribution in [0.3, 0.4) is 0 Å². The molecule has 0 radical (unpaired) electrons. The number of hydrogen-bond acceptors (Lipinski definition) is 2. The number of rotatable bonds is 4. The van der Waals surface area contributed by atoms with Crippen LogP contribution < -0.4 is 5.32 Å². The van der Waals surface area contributed by atoms with Gasteiger partial charge in [-0.1, -0.05) is 37.4 Å². The molecule has 1 amide bonds. The molecule has 3 nitrogen and oxygen atoms in total. The van der Waals surface area contributed by atoms with Gasteiger partial charge in [0.15, 0.2) is 0 Å². The van der Waals surface area contributed by atoms with Crippen LogP contribution in [0, 0.1) is 11.7 Å². The average Bonchev–Trinajstić information content (AvgIpc) is 2.41. The lowest BCUT2D eigenvalue weighted by atomic mass is 9.79. The number of amides is 1. The molecular formula is C16H21ClFNO2. The SMILES string of the molecule is CC1CCCC(O)(CNC(=O)Cc2c(F)cccc2Cl)C1. The molecule has 2 rings (SSSR count). The lowest BCUT2D eigenvalue weighted by Crippen LogP contribution is -2.46. The van der Waals surface area contributed by atoms with Crippen LogP contribution in [0.4, 0.5) is 4.39 Å². The summed E-state index contributed by atoms with van der Waals surface area (Å²) in [7, 11) is 0. The van der Waals surface area contributed by atoms with Gasteiger partial charge in [-0.3, -0.25) is 4.79 Å². The maximum atomic E-state index is 13.6. The van der Waals surface area contributed by atoms with Crippen molar-refractivity contribution in [2.45, 2.75) is 44.6 Å². The van der Waals surface area contributed by atoms with Gasteiger partial charge >= 0.3 is 0 Å². The highest BCUT2D eigenvalue weighted by Gasteiger charge is 2.32. The number of halogens is 2. The van der Waals surface area contributed by atoms with Crippen LogP contribution in [-0.2, 0) is 11.2 Å². The molecule has 1 aromatic rings. The molecular weight excluding hydrogens is 293 g/mol. The Bertz CT molecular complexity index is 503. The third kappa shape index (κ3) is 4.42. The van der Waals surface area contributed by atoms with Gasteiger partial charge in [0.05, 0.1) is 12.0 Å². The number of nitrogens with one attached hydrogen (secondary N) is 1. The molecule has 1 saturated carbocycles. The Morgan fingerprint density at radius 1 is 1.57 bits per heavy atom. The van der Waals surface area contributed by atoms with Crippen LogP contribution in [0.15, 0.2) is 18.2 Å². The summed E-state index contributed by atoms with van der Waals surface area (Å²) < 4.78 is 13.6. The van der Waals surface area contributed by atoms with Gasteiger partial charge in [-0.05, 0) is 30.9 Å². The fraction of sp³-hybridized carbons (Fsp3) is 0.562. The van der Waals surface area contributed by atoms with E-state index >= 15 is 0 Å². The zero-order chi connectivity index (χ0) is 15.5. The van der Waals surface area contributed by atoms with Crippen LogP contribution in [0.2, 0.25) is 5.02 Å². The van der Waals surface area contributed by atoms with Gasteiger partial charge in [-0.2, -0.15) is 0 Å². The predicted molar refractivity (Wildman–Crippen MR) is 80.7 cm³/mol. The van der Waals surface area contributed by atoms with E-state index in [1.807, 2.05) is 0 Å². The molecule has 2 N–H and O–H groups in total. The molecule has 1 aromatic carbocycles. The fourth-order valence-electron chi connectivity index (χ4n) is 2.98. The molecule has 2 unspecified atom stereocenters. The second-order valence-electron chi connectivity index (χ2n) is 6.08. The first kappa shape index (κ1) is 16.2. The van der Waals surface area contributed by atoms with Crippen molar-refractivity contribution >= 4 is 17.5 Å². The van der Waals surface area contributed by atoms with Crippen LogP contribution >= 0.6 is 11.6 Å². The van der Waals surface area contributed by atoms with E-state index in [9.17, 15) is 14.3 Å². The van der Waals surface area contributed by atoms with Gasteiger partial charge < -0.3 is 10.4 Å². The van der Waals surface area contributed by atoms with Crippen molar-refractivity contribution in [1.82, 2.24) is 5.32 Å². The molecule has 21 heavy (non-hydrogen) atoms. The fourth-order valence-corrected chi connectivity index (χ4v) is 3.21. The largest absolute Gasteiger partial charge is 0.388 e. The third-order valence-corrected chi connectivity index (χ3v) is 4.44. The minimum absolute atomic E-state index is 0.114. The first-order valence-corrected chi connectivity index (χ1v) is 7.69. The summed E-state index contributed by atoms with van der Waals surface area (Å²) in [5, 5.41) is 13.4. The van der Waals surface area contributed by atoms with Crippen molar-refractivity contribution in [3.8, 4) is 0 Å². The molecule has 0 spiro atoms. The zero-order valence-corrected chi connectivity index (χ0v) is 12.9. The Kier molecular flexibility index (Phi) is 5.22. The second-order valence-corrected chi connectivity index (χ2v) is 6.49. The molecule has 5 heteroatoms. The standard InChI is InChI=1S/C16H21ClFNO2/c1-11-4-3-7-16(21,9-11)10-19-15(20)8-12-13(17)5-2-6-14(12)18/h2,5-6,11,21H,3-4,7-10H2,1H3,(H,19,20). The second kappa shape index (κ2) is 6.75. The van der Waals surface area contributed by atoms with Crippen molar-refractivity contribution in [2.24, 2.45) is 5.92 Å². The molecule has 1 aliphatic carbocycles. The number of carbonyl (C=O) groups excluding carboxylic acids is 1. The minimum Gasteiger partial charge on any atom is -0.388 e. The Morgan fingerprint density at radius 3 is 3.00 bits per heavy atom. The van der Waals surface area contributed by atoms with E-state index in [1.165, 1.54) is 12.1 Å². The number of carbonyl (C=O) groups is 1. The van der Waals surface area contributed by atoms with Crippen LogP contribution in [-0.4, -0.2) is 23.2 Å². The van der Waals surface area contributed by atoms with Crippen molar-refractivity contribution in [3.05, 3.63) is 34.6 Å². The molecule has 0 saturated heterocycles. The molecule has 0 bridgehead atoms. The molecule has 0 heterocycles. The summed E-state index contributed by atoms with van der Waals surface area (Å²) in [6.45, 7) is 2.31. The van der Waals surface area contributed by atoms with Crippen molar-refractivity contribution in [3.63, 3.8) is 0 Å². The summed E-state index contributed by atoms with van der Waals surface area (Å²) in [6.07, 6.45) is 3.34. The average molecular weight is 314 g/mol. The number of aliphatic hydroxyl groups is 1. The zero-order valence-electron chi connectivity index (χ0n) is 12.2. The lowest BCUT2D eigenvalue weighted by Gasteiger charge is -2.35. The van der Waals surface area contributed by atoms with E-state index in [2.05, 4.69) is 12.2 Å². The normalized spacial score (nSPS) is 25.6. The highest BCUT2D eigenvalue weighted by Crippen LogP contribution is 2.31. The van der Waals surface area contributed by atoms with Gasteiger partial charge in [0.2, 0.25) is 5.91 Å². The van der Waals surface area contributed by atoms with E-state index in [0.717, 1.165) is 12.8 Å². The summed E-state index contributed by atoms with van der Waals surface area (Å²) in [5.74, 6) is -0.349. The highest BCUT2D eigenvalue weighted by molar-refractivity contribution is 6.31. The molecule has 1 fully saturated rings. The topological polar surface area (TPSA) is 49.3 Å². The van der Waals surface area contributed by atoms with Crippen molar-refractivity contribution in [1.29, 1.82) is 0 Å². The maximum Gasteiger partial charge on any atom is 0.224 e. The Morgan fingerprint density at radius 2 is 2.33 bits per heavy atom. The highest BCUT2D eigenvalue weighted by atomic mass is 35.5. The molecule has 2 atom stereocenters. The number of hydrogen-bond donors (Lipinski definition) is 2. The van der Waals surface area contributed by atoms with Gasteiger partial charge in [0.1, 0.15) is 5.82 Å². The predicted octanol–water partition coefficient (Wildman–Crippen LogP) is 3.08. The van der Waals surface area contributed by atoms with Crippen molar-refractivity contribution < 1.29 is 14.3 Å². The third-order valence-electron chi connectivity index (χ3n) is 4.08. The quantitative estimate of drug-likeness (QED) is 0.897. The molecule has 116 valence electrons. The molecule has 0 aliphatic heterocycles. The monoisotopic (exact) mass is 313 g/mol. The van der Waals surface area contributed by atoms with Gasteiger partial charge in [-0.25, -0.2) is 4.39 Å². The Labute approximate surface area is 129 Å². The van der Waals surface area contributed by atoms with Crippen molar-refractivity contribution in [2.75, 3.05) is 6.54 Å². The first-order valence-electron chi connectivity index (χ1n) is 7.31. The smallest absolute Gasteiger partial charge is 0.224 e. The molecule has 1 aliphatic rings. The van der Waals surface area contributed by atoms with E-state index in [0.29, 0.717) is 18.8 Å². The molecule has 0 aromatic heterocycles. The summed E-state index contributed by atoms with van der Waals surface area (Å²) in [4.78, 5) is 11.9. The first-order chi connectivity index (χ1) is 9.89. The van der Waals surface area contributed by atoms with Gasteiger partial charge in [0, 0.05) is 17.1 Å². The van der Waals surface area contributed by atoms with E-state index in [1.54, 1.807) is 6.07 Å². The maximum absolute atomic E-state index is 13.6. The summed E-state index contributed by atoms with van der Waals surface area (Å²) in [6, 6.07) is 4.35. The van der Waals surface area contributed by atoms with E-state index < -0.39 is 11.4 Å². The lowest BCUT2D eigenvalue weighted by molar-refractivity contribution is -0.122. The van der Waals surface area contributed by atoms with Gasteiger partial charge in [0.25, 0.3) is 0 Å². The minimum atomic E-state index is -0.841. The van der Waals surface area contributed by atoms with Crippen LogP contribution in [0.1, 0.15) is 38.2 Å².